The summed E-state index contributed by atoms with van der Waals surface area (Å²) in [6, 6.07) is 5.27. The minimum Gasteiger partial charge on any atom is -0.386 e. The maximum Gasteiger partial charge on any atom is 0.248 e. The molecule has 8 heteroatoms. The first-order valence-electron chi connectivity index (χ1n) is 9.32. The van der Waals surface area contributed by atoms with Gasteiger partial charge in [-0.15, -0.1) is 0 Å². The summed E-state index contributed by atoms with van der Waals surface area (Å²) in [4.78, 5) is 28.9. The Balaban J connectivity index is 2.02. The number of hydrogen-bond donors (Lipinski definition) is 3. The van der Waals surface area contributed by atoms with Gasteiger partial charge in [-0.1, -0.05) is 19.4 Å². The number of halogens is 2. The van der Waals surface area contributed by atoms with E-state index in [1.807, 2.05) is 6.92 Å². The van der Waals surface area contributed by atoms with Crippen molar-refractivity contribution in [1.82, 2.24) is 10.3 Å². The average molecular weight is 405 g/mol. The molecule has 1 aromatic heterocycles. The lowest BCUT2D eigenvalue weighted by Gasteiger charge is -2.19. The molecular formula is C21H25F2N3O3. The molecule has 1 unspecified atom stereocenters. The van der Waals surface area contributed by atoms with Crippen LogP contribution in [0.5, 0.6) is 0 Å². The number of carbonyl (C=O) groups is 2. The molecule has 0 radical (unpaired) electrons. The second kappa shape index (κ2) is 9.56. The predicted octanol–water partition coefficient (Wildman–Crippen LogP) is 3.05. The van der Waals surface area contributed by atoms with E-state index >= 15 is 0 Å². The number of benzene rings is 1. The first-order chi connectivity index (χ1) is 13.6. The average Bonchev–Trinajstić information content (AvgIpc) is 2.60. The number of hydrogen-bond acceptors (Lipinski definition) is 4. The van der Waals surface area contributed by atoms with Crippen molar-refractivity contribution >= 4 is 17.6 Å². The summed E-state index contributed by atoms with van der Waals surface area (Å²) in [5, 5.41) is 15.2. The summed E-state index contributed by atoms with van der Waals surface area (Å²) >= 11 is 0. The van der Waals surface area contributed by atoms with Crippen LogP contribution in [0.4, 0.5) is 14.6 Å². The number of amides is 2. The first kappa shape index (κ1) is 22.4. The van der Waals surface area contributed by atoms with Crippen LogP contribution in [0.15, 0.2) is 36.5 Å². The number of pyridine rings is 1. The quantitative estimate of drug-likeness (QED) is 0.630. The maximum absolute atomic E-state index is 13.3. The van der Waals surface area contributed by atoms with Crippen LogP contribution < -0.4 is 10.6 Å². The maximum atomic E-state index is 13.3. The zero-order valence-corrected chi connectivity index (χ0v) is 16.6. The number of carbonyl (C=O) groups excluding carboxylic acids is 2. The molecule has 1 atom stereocenters. The lowest BCUT2D eigenvalue weighted by Crippen LogP contribution is -2.44. The summed E-state index contributed by atoms with van der Waals surface area (Å²) in [6.07, 6.45) is 2.23. The Bertz CT molecular complexity index is 844. The van der Waals surface area contributed by atoms with Gasteiger partial charge in [0.15, 0.2) is 0 Å². The van der Waals surface area contributed by atoms with Crippen LogP contribution in [0.3, 0.4) is 0 Å². The third-order valence-electron chi connectivity index (χ3n) is 4.24. The SMILES string of the molecule is CCCC(NC(=O)Cc1cc(F)cc(F)c1)C(=O)Nc1ccc(C(C)(C)O)cn1. The topological polar surface area (TPSA) is 91.3 Å². The largest absolute Gasteiger partial charge is 0.386 e. The Labute approximate surface area is 168 Å². The van der Waals surface area contributed by atoms with Gasteiger partial charge in [0, 0.05) is 17.8 Å². The molecule has 2 amide bonds. The molecule has 1 heterocycles. The van der Waals surface area contributed by atoms with Crippen molar-refractivity contribution in [3.63, 3.8) is 0 Å². The van der Waals surface area contributed by atoms with E-state index in [1.165, 1.54) is 6.20 Å². The minimum atomic E-state index is -1.05. The minimum absolute atomic E-state index is 0.180. The Hall–Kier alpha value is -2.87. The van der Waals surface area contributed by atoms with Crippen LogP contribution in [-0.4, -0.2) is 27.9 Å². The van der Waals surface area contributed by atoms with Crippen LogP contribution in [0, 0.1) is 11.6 Å². The highest BCUT2D eigenvalue weighted by molar-refractivity contribution is 5.96. The number of nitrogens with zero attached hydrogens (tertiary/aromatic N) is 1. The monoisotopic (exact) mass is 405 g/mol. The van der Waals surface area contributed by atoms with Crippen LogP contribution >= 0.6 is 0 Å². The molecular weight excluding hydrogens is 380 g/mol. The number of anilines is 1. The van der Waals surface area contributed by atoms with Gasteiger partial charge in [0.05, 0.1) is 12.0 Å². The number of rotatable bonds is 8. The molecule has 29 heavy (non-hydrogen) atoms. The van der Waals surface area contributed by atoms with Crippen LogP contribution in [0.1, 0.15) is 44.7 Å². The summed E-state index contributed by atoms with van der Waals surface area (Å²) in [5.74, 6) is -2.22. The molecule has 0 aliphatic heterocycles. The number of nitrogens with one attached hydrogen (secondary N) is 2. The second-order valence-electron chi connectivity index (χ2n) is 7.34. The van der Waals surface area contributed by atoms with Gasteiger partial charge < -0.3 is 15.7 Å². The molecule has 2 rings (SSSR count). The smallest absolute Gasteiger partial charge is 0.248 e. The van der Waals surface area contributed by atoms with E-state index in [9.17, 15) is 23.5 Å². The first-order valence-corrected chi connectivity index (χ1v) is 9.32. The van der Waals surface area contributed by atoms with E-state index in [-0.39, 0.29) is 17.8 Å². The van der Waals surface area contributed by atoms with Gasteiger partial charge in [0.1, 0.15) is 23.5 Å². The molecule has 0 saturated heterocycles. The fourth-order valence-electron chi connectivity index (χ4n) is 2.74. The zero-order valence-electron chi connectivity index (χ0n) is 16.6. The highest BCUT2D eigenvalue weighted by atomic mass is 19.1. The Morgan fingerprint density at radius 2 is 1.83 bits per heavy atom. The standard InChI is InChI=1S/C21H25F2N3O3/c1-4-5-17(25-19(27)10-13-8-15(22)11-16(23)9-13)20(28)26-18-7-6-14(12-24-18)21(2,3)29/h6-9,11-12,17,29H,4-5,10H2,1-3H3,(H,25,27)(H,24,26,28). The zero-order chi connectivity index (χ0) is 21.6. The Morgan fingerprint density at radius 1 is 1.17 bits per heavy atom. The number of aliphatic hydroxyl groups is 1. The summed E-state index contributed by atoms with van der Waals surface area (Å²) in [5.41, 5.74) is -0.277. The molecule has 0 saturated carbocycles. The van der Waals surface area contributed by atoms with Gasteiger partial charge >= 0.3 is 0 Å². The molecule has 0 bridgehead atoms. The highest BCUT2D eigenvalue weighted by Crippen LogP contribution is 2.19. The van der Waals surface area contributed by atoms with Crippen molar-refractivity contribution in [2.24, 2.45) is 0 Å². The summed E-state index contributed by atoms with van der Waals surface area (Å²) in [6.45, 7) is 5.11. The fraction of sp³-hybridized carbons (Fsp3) is 0.381. The van der Waals surface area contributed by atoms with E-state index in [4.69, 9.17) is 0 Å². The molecule has 156 valence electrons. The summed E-state index contributed by atoms with van der Waals surface area (Å²) < 4.78 is 26.6. The van der Waals surface area contributed by atoms with E-state index < -0.39 is 35.1 Å². The van der Waals surface area contributed by atoms with Crippen molar-refractivity contribution in [3.8, 4) is 0 Å². The molecule has 0 fully saturated rings. The van der Waals surface area contributed by atoms with Gasteiger partial charge in [-0.05, 0) is 44.0 Å². The molecule has 0 aliphatic carbocycles. The van der Waals surface area contributed by atoms with E-state index in [0.29, 0.717) is 18.4 Å². The summed E-state index contributed by atoms with van der Waals surface area (Å²) in [7, 11) is 0. The van der Waals surface area contributed by atoms with Gasteiger partial charge in [-0.25, -0.2) is 13.8 Å². The molecule has 3 N–H and O–H groups in total. The third kappa shape index (κ3) is 6.90. The molecule has 1 aromatic carbocycles. The van der Waals surface area contributed by atoms with Crippen LogP contribution in [0.2, 0.25) is 0 Å². The lowest BCUT2D eigenvalue weighted by molar-refractivity contribution is -0.126. The van der Waals surface area contributed by atoms with Crippen LogP contribution in [0.25, 0.3) is 0 Å². The predicted molar refractivity (Wildman–Crippen MR) is 105 cm³/mol. The van der Waals surface area contributed by atoms with Gasteiger partial charge in [0.2, 0.25) is 11.8 Å². The second-order valence-corrected chi connectivity index (χ2v) is 7.34. The van der Waals surface area contributed by atoms with Crippen molar-refractivity contribution < 1.29 is 23.5 Å². The molecule has 0 spiro atoms. The van der Waals surface area contributed by atoms with E-state index in [0.717, 1.165) is 18.2 Å². The van der Waals surface area contributed by atoms with Crippen molar-refractivity contribution in [3.05, 3.63) is 59.3 Å². The van der Waals surface area contributed by atoms with E-state index in [2.05, 4.69) is 15.6 Å². The Morgan fingerprint density at radius 3 is 2.34 bits per heavy atom. The Kier molecular flexibility index (Phi) is 7.39. The molecule has 0 aliphatic rings. The molecule has 2 aromatic rings. The van der Waals surface area contributed by atoms with Crippen molar-refractivity contribution in [2.45, 2.75) is 51.7 Å². The van der Waals surface area contributed by atoms with Gasteiger partial charge in [-0.2, -0.15) is 0 Å². The van der Waals surface area contributed by atoms with Crippen molar-refractivity contribution in [1.29, 1.82) is 0 Å². The molecule has 6 nitrogen and oxygen atoms in total. The van der Waals surface area contributed by atoms with Crippen LogP contribution in [-0.2, 0) is 21.6 Å². The van der Waals surface area contributed by atoms with Gasteiger partial charge in [0.25, 0.3) is 0 Å². The van der Waals surface area contributed by atoms with Gasteiger partial charge in [-0.3, -0.25) is 9.59 Å². The van der Waals surface area contributed by atoms with Crippen molar-refractivity contribution in [2.75, 3.05) is 5.32 Å². The van der Waals surface area contributed by atoms with E-state index in [1.54, 1.807) is 26.0 Å². The number of aromatic nitrogens is 1. The highest BCUT2D eigenvalue weighted by Gasteiger charge is 2.21. The third-order valence-corrected chi connectivity index (χ3v) is 4.24. The normalized spacial score (nSPS) is 12.3. The fourth-order valence-corrected chi connectivity index (χ4v) is 2.74. The lowest BCUT2D eigenvalue weighted by atomic mass is 10.0.